The van der Waals surface area contributed by atoms with Crippen molar-refractivity contribution < 1.29 is 17.7 Å². The summed E-state index contributed by atoms with van der Waals surface area (Å²) in [5.74, 6) is 0.841. The van der Waals surface area contributed by atoms with Crippen molar-refractivity contribution in [1.82, 2.24) is 9.46 Å². The Morgan fingerprint density at radius 2 is 1.74 bits per heavy atom. The number of piperazine rings is 1. The van der Waals surface area contributed by atoms with Gasteiger partial charge in [-0.25, -0.2) is 8.42 Å². The van der Waals surface area contributed by atoms with E-state index in [1.807, 2.05) is 13.0 Å². The fraction of sp³-hybridized carbons (Fsp3) is 0.348. The van der Waals surface area contributed by atoms with Gasteiger partial charge < -0.3 is 14.2 Å². The van der Waals surface area contributed by atoms with Crippen molar-refractivity contribution in [3.8, 4) is 17.1 Å². The average Bonchev–Trinajstić information content (AvgIpc) is 3.21. The van der Waals surface area contributed by atoms with Crippen LogP contribution in [0.25, 0.3) is 11.3 Å². The van der Waals surface area contributed by atoms with Crippen molar-refractivity contribution in [2.75, 3.05) is 38.2 Å². The zero-order chi connectivity index (χ0) is 22.2. The molecule has 1 saturated heterocycles. The number of methoxy groups -OCH3 is 1. The van der Waals surface area contributed by atoms with Gasteiger partial charge in [0.05, 0.1) is 12.8 Å². The second-order valence-corrected chi connectivity index (χ2v) is 9.71. The van der Waals surface area contributed by atoms with Crippen LogP contribution in [0.5, 0.6) is 5.75 Å². The summed E-state index contributed by atoms with van der Waals surface area (Å²) < 4.78 is 39.2. The molecular formula is C23H27N3O4S. The SMILES string of the molecule is COc1ccc(-c2cc(C)no2)cc1S(=O)(=O)N1CCN(c2cccc(C)c2C)CC1. The summed E-state index contributed by atoms with van der Waals surface area (Å²) in [5.41, 5.74) is 5.01. The minimum atomic E-state index is -3.73. The lowest BCUT2D eigenvalue weighted by atomic mass is 10.1. The van der Waals surface area contributed by atoms with Gasteiger partial charge in [0.15, 0.2) is 5.76 Å². The van der Waals surface area contributed by atoms with E-state index in [1.54, 1.807) is 24.3 Å². The molecule has 1 aliphatic rings. The third-order valence-electron chi connectivity index (χ3n) is 5.85. The molecule has 0 bridgehead atoms. The molecule has 1 fully saturated rings. The summed E-state index contributed by atoms with van der Waals surface area (Å²) in [7, 11) is -2.26. The predicted octanol–water partition coefficient (Wildman–Crippen LogP) is 3.79. The topological polar surface area (TPSA) is 75.9 Å². The minimum Gasteiger partial charge on any atom is -0.495 e. The van der Waals surface area contributed by atoms with Crippen LogP contribution in [-0.2, 0) is 10.0 Å². The largest absolute Gasteiger partial charge is 0.495 e. The van der Waals surface area contributed by atoms with E-state index in [-0.39, 0.29) is 4.90 Å². The van der Waals surface area contributed by atoms with Gasteiger partial charge in [-0.15, -0.1) is 0 Å². The van der Waals surface area contributed by atoms with Crippen molar-refractivity contribution in [3.05, 3.63) is 59.3 Å². The predicted molar refractivity (Wildman–Crippen MR) is 120 cm³/mol. The van der Waals surface area contributed by atoms with Crippen LogP contribution in [0.15, 0.2) is 51.9 Å². The Bertz CT molecular complexity index is 1200. The molecular weight excluding hydrogens is 414 g/mol. The molecule has 1 aliphatic heterocycles. The lowest BCUT2D eigenvalue weighted by molar-refractivity contribution is 0.374. The third-order valence-corrected chi connectivity index (χ3v) is 7.77. The van der Waals surface area contributed by atoms with E-state index in [0.717, 1.165) is 11.4 Å². The van der Waals surface area contributed by atoms with Crippen LogP contribution >= 0.6 is 0 Å². The quantitative estimate of drug-likeness (QED) is 0.600. The molecule has 1 aromatic heterocycles. The number of aryl methyl sites for hydroxylation is 2. The lowest BCUT2D eigenvalue weighted by Gasteiger charge is -2.36. The number of hydrogen-bond donors (Lipinski definition) is 0. The summed E-state index contributed by atoms with van der Waals surface area (Å²) in [6.07, 6.45) is 0. The summed E-state index contributed by atoms with van der Waals surface area (Å²) in [4.78, 5) is 2.39. The number of anilines is 1. The fourth-order valence-electron chi connectivity index (χ4n) is 3.92. The zero-order valence-corrected chi connectivity index (χ0v) is 19.1. The fourth-order valence-corrected chi connectivity index (χ4v) is 5.52. The molecule has 8 heteroatoms. The van der Waals surface area contributed by atoms with Gasteiger partial charge in [-0.3, -0.25) is 0 Å². The number of nitrogens with zero attached hydrogens (tertiary/aromatic N) is 3. The monoisotopic (exact) mass is 441 g/mol. The van der Waals surface area contributed by atoms with Gasteiger partial charge in [0.1, 0.15) is 10.6 Å². The molecule has 3 aromatic rings. The number of aromatic nitrogens is 1. The molecule has 2 heterocycles. The van der Waals surface area contributed by atoms with E-state index in [9.17, 15) is 8.42 Å². The van der Waals surface area contributed by atoms with Crippen molar-refractivity contribution in [2.45, 2.75) is 25.7 Å². The van der Waals surface area contributed by atoms with E-state index in [2.05, 4.69) is 36.0 Å². The van der Waals surface area contributed by atoms with Gasteiger partial charge in [-0.2, -0.15) is 4.31 Å². The Morgan fingerprint density at radius 3 is 2.39 bits per heavy atom. The third kappa shape index (κ3) is 4.05. The van der Waals surface area contributed by atoms with Crippen LogP contribution in [0.2, 0.25) is 0 Å². The summed E-state index contributed by atoms with van der Waals surface area (Å²) in [5, 5.41) is 3.90. The highest BCUT2D eigenvalue weighted by Gasteiger charge is 2.32. The maximum absolute atomic E-state index is 13.5. The zero-order valence-electron chi connectivity index (χ0n) is 18.3. The molecule has 0 spiro atoms. The normalized spacial score (nSPS) is 15.3. The first-order chi connectivity index (χ1) is 14.8. The first kappa shape index (κ1) is 21.4. The van der Waals surface area contributed by atoms with Crippen molar-refractivity contribution >= 4 is 15.7 Å². The Labute approximate surface area is 183 Å². The number of sulfonamides is 1. The maximum Gasteiger partial charge on any atom is 0.246 e. The number of benzene rings is 2. The van der Waals surface area contributed by atoms with E-state index < -0.39 is 10.0 Å². The first-order valence-corrected chi connectivity index (χ1v) is 11.7. The highest BCUT2D eigenvalue weighted by molar-refractivity contribution is 7.89. The second-order valence-electron chi connectivity index (χ2n) is 7.81. The maximum atomic E-state index is 13.5. The Hall–Kier alpha value is -2.84. The number of hydrogen-bond acceptors (Lipinski definition) is 6. The van der Waals surface area contributed by atoms with Crippen LogP contribution < -0.4 is 9.64 Å². The molecule has 164 valence electrons. The van der Waals surface area contributed by atoms with Crippen LogP contribution in [-0.4, -0.2) is 51.2 Å². The van der Waals surface area contributed by atoms with Gasteiger partial charge in [0.2, 0.25) is 10.0 Å². The van der Waals surface area contributed by atoms with Gasteiger partial charge in [-0.1, -0.05) is 17.3 Å². The van der Waals surface area contributed by atoms with Crippen LogP contribution in [0.3, 0.4) is 0 Å². The number of ether oxygens (including phenoxy) is 1. The van der Waals surface area contributed by atoms with Gasteiger partial charge in [0, 0.05) is 43.5 Å². The molecule has 0 amide bonds. The van der Waals surface area contributed by atoms with E-state index in [1.165, 1.54) is 22.5 Å². The van der Waals surface area contributed by atoms with E-state index in [0.29, 0.717) is 43.3 Å². The van der Waals surface area contributed by atoms with E-state index >= 15 is 0 Å². The summed E-state index contributed by atoms with van der Waals surface area (Å²) >= 11 is 0. The smallest absolute Gasteiger partial charge is 0.246 e. The molecule has 4 rings (SSSR count). The highest BCUT2D eigenvalue weighted by Crippen LogP contribution is 2.33. The molecule has 7 nitrogen and oxygen atoms in total. The Balaban J connectivity index is 1.60. The number of rotatable bonds is 5. The van der Waals surface area contributed by atoms with Crippen LogP contribution in [0.1, 0.15) is 16.8 Å². The van der Waals surface area contributed by atoms with Crippen LogP contribution in [0, 0.1) is 20.8 Å². The molecule has 0 unspecified atom stereocenters. The van der Waals surface area contributed by atoms with E-state index in [4.69, 9.17) is 9.26 Å². The lowest BCUT2D eigenvalue weighted by Crippen LogP contribution is -2.48. The minimum absolute atomic E-state index is 0.140. The highest BCUT2D eigenvalue weighted by atomic mass is 32.2. The second kappa shape index (κ2) is 8.36. The standard InChI is InChI=1S/C23H27N3O4S/c1-16-6-5-7-20(18(16)3)25-10-12-26(13-11-25)31(27,28)23-15-19(8-9-21(23)29-4)22-14-17(2)24-30-22/h5-9,14-15H,10-13H2,1-4H3. The van der Waals surface area contributed by atoms with Gasteiger partial charge in [0.25, 0.3) is 0 Å². The van der Waals surface area contributed by atoms with Gasteiger partial charge >= 0.3 is 0 Å². The Kier molecular flexibility index (Phi) is 5.77. The first-order valence-electron chi connectivity index (χ1n) is 10.2. The summed E-state index contributed by atoms with van der Waals surface area (Å²) in [6.45, 7) is 8.10. The molecule has 0 saturated carbocycles. The molecule has 31 heavy (non-hydrogen) atoms. The average molecular weight is 442 g/mol. The van der Waals surface area contributed by atoms with Crippen LogP contribution in [0.4, 0.5) is 5.69 Å². The van der Waals surface area contributed by atoms with Crippen molar-refractivity contribution in [2.24, 2.45) is 0 Å². The Morgan fingerprint density at radius 1 is 1.00 bits per heavy atom. The summed E-state index contributed by atoms with van der Waals surface area (Å²) in [6, 6.07) is 13.0. The van der Waals surface area contributed by atoms with Crippen molar-refractivity contribution in [1.29, 1.82) is 0 Å². The molecule has 0 radical (unpaired) electrons. The molecule has 0 N–H and O–H groups in total. The molecule has 2 aromatic carbocycles. The molecule has 0 aliphatic carbocycles. The molecule has 0 atom stereocenters. The van der Waals surface area contributed by atoms with Gasteiger partial charge in [-0.05, 0) is 56.2 Å². The van der Waals surface area contributed by atoms with Crippen molar-refractivity contribution in [3.63, 3.8) is 0 Å².